The maximum atomic E-state index is 11.8. The monoisotopic (exact) mass is 285 g/mol. The lowest BCUT2D eigenvalue weighted by molar-refractivity contribution is -0.118. The van der Waals surface area contributed by atoms with Gasteiger partial charge in [0.15, 0.2) is 18.1 Å². The van der Waals surface area contributed by atoms with Crippen LogP contribution in [0.3, 0.4) is 0 Å². The van der Waals surface area contributed by atoms with Crippen LogP contribution in [0.1, 0.15) is 5.56 Å². The van der Waals surface area contributed by atoms with Crippen molar-refractivity contribution in [2.75, 3.05) is 18.7 Å². The van der Waals surface area contributed by atoms with Crippen LogP contribution in [0.2, 0.25) is 0 Å². The molecule has 1 amide bonds. The smallest absolute Gasteiger partial charge is 0.262 e. The van der Waals surface area contributed by atoms with Crippen LogP contribution in [-0.4, -0.2) is 19.3 Å². The molecule has 1 N–H and O–H groups in total. The second kappa shape index (κ2) is 5.75. The number of anilines is 1. The lowest BCUT2D eigenvalue weighted by Crippen LogP contribution is -2.20. The minimum atomic E-state index is -0.212. The van der Waals surface area contributed by atoms with Crippen molar-refractivity contribution in [2.24, 2.45) is 0 Å². The lowest BCUT2D eigenvalue weighted by atomic mass is 10.2. The zero-order valence-electron chi connectivity index (χ0n) is 11.6. The van der Waals surface area contributed by atoms with Gasteiger partial charge >= 0.3 is 0 Å². The molecule has 5 nitrogen and oxygen atoms in total. The number of nitrogens with one attached hydrogen (secondary N) is 1. The number of carbonyl (C=O) groups is 1. The molecule has 0 saturated carbocycles. The molecule has 0 spiro atoms. The quantitative estimate of drug-likeness (QED) is 0.938. The molecule has 1 aliphatic heterocycles. The zero-order valence-corrected chi connectivity index (χ0v) is 11.6. The summed E-state index contributed by atoms with van der Waals surface area (Å²) in [5.41, 5.74) is 1.89. The molecule has 5 heteroatoms. The van der Waals surface area contributed by atoms with Crippen molar-refractivity contribution in [3.05, 3.63) is 48.0 Å². The Bertz CT molecular complexity index is 652. The molecule has 2 aromatic carbocycles. The van der Waals surface area contributed by atoms with Crippen molar-refractivity contribution >= 4 is 11.6 Å². The predicted molar refractivity (Wildman–Crippen MR) is 77.9 cm³/mol. The Morgan fingerprint density at radius 1 is 1.14 bits per heavy atom. The highest BCUT2D eigenvalue weighted by Gasteiger charge is 2.14. The Hall–Kier alpha value is -2.69. The third-order valence-electron chi connectivity index (χ3n) is 3.05. The molecule has 2 aromatic rings. The van der Waals surface area contributed by atoms with Gasteiger partial charge < -0.3 is 19.5 Å². The van der Waals surface area contributed by atoms with Crippen LogP contribution >= 0.6 is 0 Å². The Labute approximate surface area is 122 Å². The first kappa shape index (κ1) is 13.3. The predicted octanol–water partition coefficient (Wildman–Crippen LogP) is 2.74. The molecule has 108 valence electrons. The molecule has 0 atom stereocenters. The first-order valence-corrected chi connectivity index (χ1v) is 6.60. The van der Waals surface area contributed by atoms with E-state index in [0.29, 0.717) is 17.2 Å². The number of hydrogen-bond donors (Lipinski definition) is 1. The fourth-order valence-electron chi connectivity index (χ4n) is 1.95. The number of hydrogen-bond acceptors (Lipinski definition) is 4. The standard InChI is InChI=1S/C16H15NO4/c1-11-2-4-12(5-3-11)17-16(18)9-19-13-6-7-14-15(8-13)21-10-20-14/h2-8H,9-10H2,1H3,(H,17,18). The van der Waals surface area contributed by atoms with E-state index in [9.17, 15) is 4.79 Å². The number of benzene rings is 2. The summed E-state index contributed by atoms with van der Waals surface area (Å²) in [6.07, 6.45) is 0. The first-order chi connectivity index (χ1) is 10.2. The van der Waals surface area contributed by atoms with Crippen LogP contribution in [0.4, 0.5) is 5.69 Å². The summed E-state index contributed by atoms with van der Waals surface area (Å²) in [5, 5.41) is 2.77. The Morgan fingerprint density at radius 2 is 1.90 bits per heavy atom. The summed E-state index contributed by atoms with van der Waals surface area (Å²) < 4.78 is 15.9. The van der Waals surface area contributed by atoms with Gasteiger partial charge in [0.05, 0.1) is 0 Å². The summed E-state index contributed by atoms with van der Waals surface area (Å²) in [7, 11) is 0. The Kier molecular flexibility index (Phi) is 3.64. The van der Waals surface area contributed by atoms with E-state index in [2.05, 4.69) is 5.32 Å². The van der Waals surface area contributed by atoms with E-state index in [4.69, 9.17) is 14.2 Å². The summed E-state index contributed by atoms with van der Waals surface area (Å²) in [6, 6.07) is 12.8. The lowest BCUT2D eigenvalue weighted by Gasteiger charge is -2.08. The second-order valence-electron chi connectivity index (χ2n) is 4.72. The van der Waals surface area contributed by atoms with Crippen molar-refractivity contribution < 1.29 is 19.0 Å². The zero-order chi connectivity index (χ0) is 14.7. The molecule has 1 aliphatic rings. The molecule has 0 unspecified atom stereocenters. The van der Waals surface area contributed by atoms with E-state index in [1.165, 1.54) is 0 Å². The van der Waals surface area contributed by atoms with Crippen molar-refractivity contribution in [1.29, 1.82) is 0 Å². The van der Waals surface area contributed by atoms with Crippen LogP contribution < -0.4 is 19.5 Å². The number of rotatable bonds is 4. The molecular weight excluding hydrogens is 270 g/mol. The van der Waals surface area contributed by atoms with Gasteiger partial charge in [-0.05, 0) is 31.2 Å². The van der Waals surface area contributed by atoms with E-state index in [1.807, 2.05) is 31.2 Å². The average Bonchev–Trinajstić information content (AvgIpc) is 2.95. The topological polar surface area (TPSA) is 56.8 Å². The van der Waals surface area contributed by atoms with Gasteiger partial charge in [0.1, 0.15) is 5.75 Å². The van der Waals surface area contributed by atoms with E-state index in [0.717, 1.165) is 11.3 Å². The number of carbonyl (C=O) groups excluding carboxylic acids is 1. The molecule has 3 rings (SSSR count). The molecular formula is C16H15NO4. The van der Waals surface area contributed by atoms with Crippen LogP contribution in [0.5, 0.6) is 17.2 Å². The minimum Gasteiger partial charge on any atom is -0.484 e. The third kappa shape index (κ3) is 3.25. The molecule has 0 aromatic heterocycles. The molecule has 0 saturated heterocycles. The SMILES string of the molecule is Cc1ccc(NC(=O)COc2ccc3c(c2)OCO3)cc1. The van der Waals surface area contributed by atoms with Crippen LogP contribution in [-0.2, 0) is 4.79 Å². The highest BCUT2D eigenvalue weighted by Crippen LogP contribution is 2.35. The van der Waals surface area contributed by atoms with Crippen LogP contribution in [0, 0.1) is 6.92 Å². The molecule has 0 aliphatic carbocycles. The normalized spacial score (nSPS) is 12.0. The van der Waals surface area contributed by atoms with Crippen molar-refractivity contribution in [3.63, 3.8) is 0 Å². The van der Waals surface area contributed by atoms with Gasteiger partial charge in [-0.2, -0.15) is 0 Å². The van der Waals surface area contributed by atoms with Gasteiger partial charge in [0.2, 0.25) is 6.79 Å². The number of fused-ring (bicyclic) bond motifs is 1. The van der Waals surface area contributed by atoms with Gasteiger partial charge in [0, 0.05) is 11.8 Å². The Morgan fingerprint density at radius 3 is 2.71 bits per heavy atom. The molecule has 21 heavy (non-hydrogen) atoms. The van der Waals surface area contributed by atoms with Crippen molar-refractivity contribution in [2.45, 2.75) is 6.92 Å². The number of aryl methyl sites for hydroxylation is 1. The third-order valence-corrected chi connectivity index (χ3v) is 3.05. The van der Waals surface area contributed by atoms with Crippen LogP contribution in [0.15, 0.2) is 42.5 Å². The van der Waals surface area contributed by atoms with Gasteiger partial charge in [-0.15, -0.1) is 0 Å². The first-order valence-electron chi connectivity index (χ1n) is 6.60. The van der Waals surface area contributed by atoms with E-state index in [-0.39, 0.29) is 19.3 Å². The molecule has 0 fully saturated rings. The highest BCUT2D eigenvalue weighted by atomic mass is 16.7. The molecule has 0 radical (unpaired) electrons. The van der Waals surface area contributed by atoms with Gasteiger partial charge in [-0.1, -0.05) is 17.7 Å². The summed E-state index contributed by atoms with van der Waals surface area (Å²) in [4.78, 5) is 11.8. The molecule has 1 heterocycles. The summed E-state index contributed by atoms with van der Waals surface area (Å²) in [5.74, 6) is 1.67. The maximum Gasteiger partial charge on any atom is 0.262 e. The summed E-state index contributed by atoms with van der Waals surface area (Å²) >= 11 is 0. The maximum absolute atomic E-state index is 11.8. The van der Waals surface area contributed by atoms with Crippen molar-refractivity contribution in [3.8, 4) is 17.2 Å². The van der Waals surface area contributed by atoms with Gasteiger partial charge in [-0.25, -0.2) is 0 Å². The van der Waals surface area contributed by atoms with E-state index in [1.54, 1.807) is 18.2 Å². The second-order valence-corrected chi connectivity index (χ2v) is 4.72. The fourth-order valence-corrected chi connectivity index (χ4v) is 1.95. The van der Waals surface area contributed by atoms with Crippen LogP contribution in [0.25, 0.3) is 0 Å². The van der Waals surface area contributed by atoms with Gasteiger partial charge in [0.25, 0.3) is 5.91 Å². The number of ether oxygens (including phenoxy) is 3. The summed E-state index contributed by atoms with van der Waals surface area (Å²) in [6.45, 7) is 2.15. The van der Waals surface area contributed by atoms with E-state index < -0.39 is 0 Å². The highest BCUT2D eigenvalue weighted by molar-refractivity contribution is 5.91. The average molecular weight is 285 g/mol. The molecule has 0 bridgehead atoms. The van der Waals surface area contributed by atoms with Crippen molar-refractivity contribution in [1.82, 2.24) is 0 Å². The Balaban J connectivity index is 1.55. The minimum absolute atomic E-state index is 0.0620. The largest absolute Gasteiger partial charge is 0.484 e. The number of amides is 1. The van der Waals surface area contributed by atoms with E-state index >= 15 is 0 Å². The van der Waals surface area contributed by atoms with Gasteiger partial charge in [-0.3, -0.25) is 4.79 Å². The fraction of sp³-hybridized carbons (Fsp3) is 0.188.